The summed E-state index contributed by atoms with van der Waals surface area (Å²) in [6, 6.07) is 0. The van der Waals surface area contributed by atoms with Gasteiger partial charge in [0.05, 0.1) is 6.61 Å². The Morgan fingerprint density at radius 3 is 1.61 bits per heavy atom. The summed E-state index contributed by atoms with van der Waals surface area (Å²) in [5.41, 5.74) is 0. The summed E-state index contributed by atoms with van der Waals surface area (Å²) in [6.45, 7) is 0.655. The molecule has 23 heavy (non-hydrogen) atoms. The van der Waals surface area contributed by atoms with E-state index in [1.165, 1.54) is 89.9 Å². The molecule has 0 aromatic heterocycles. The summed E-state index contributed by atoms with van der Waals surface area (Å²) in [4.78, 5) is 11.7. The summed E-state index contributed by atoms with van der Waals surface area (Å²) in [5.74, 6) is 1.88. The molecule has 0 spiro atoms. The second kappa shape index (κ2) is 11.9. The van der Waals surface area contributed by atoms with Crippen molar-refractivity contribution in [1.82, 2.24) is 0 Å². The minimum absolute atomic E-state index is 0.0336. The molecule has 2 heteroatoms. The Kier molecular flexibility index (Phi) is 9.75. The zero-order valence-electron chi connectivity index (χ0n) is 15.2. The van der Waals surface area contributed by atoms with Crippen molar-refractivity contribution in [3.63, 3.8) is 0 Å². The Hall–Kier alpha value is -0.530. The average molecular weight is 323 g/mol. The summed E-state index contributed by atoms with van der Waals surface area (Å²) in [5, 5.41) is 0. The molecule has 0 aromatic carbocycles. The summed E-state index contributed by atoms with van der Waals surface area (Å²) in [7, 11) is 0. The van der Waals surface area contributed by atoms with E-state index in [-0.39, 0.29) is 5.97 Å². The Bertz CT molecular complexity index is 307. The smallest absolute Gasteiger partial charge is 0.305 e. The predicted octanol–water partition coefficient (Wildman–Crippen LogP) is 6.42. The number of cyclic esters (lactones) is 1. The Balaban J connectivity index is 1.77. The van der Waals surface area contributed by atoms with Gasteiger partial charge in [0.25, 0.3) is 0 Å². The van der Waals surface area contributed by atoms with Crippen molar-refractivity contribution >= 4 is 5.97 Å². The lowest BCUT2D eigenvalue weighted by Crippen LogP contribution is -2.19. The van der Waals surface area contributed by atoms with Gasteiger partial charge >= 0.3 is 5.97 Å². The first-order chi connectivity index (χ1) is 11.4. The van der Waals surface area contributed by atoms with Gasteiger partial charge in [0.1, 0.15) is 0 Å². The van der Waals surface area contributed by atoms with Crippen molar-refractivity contribution in [2.45, 2.75) is 109 Å². The van der Waals surface area contributed by atoms with Crippen molar-refractivity contribution < 1.29 is 9.53 Å². The highest BCUT2D eigenvalue weighted by atomic mass is 16.5. The fraction of sp³-hybridized carbons (Fsp3) is 0.952. The molecule has 0 bridgehead atoms. The van der Waals surface area contributed by atoms with Gasteiger partial charge in [-0.05, 0) is 31.1 Å². The predicted molar refractivity (Wildman–Crippen MR) is 96.4 cm³/mol. The zero-order chi connectivity index (χ0) is 16.2. The normalized spacial score (nSPS) is 28.2. The van der Waals surface area contributed by atoms with Crippen molar-refractivity contribution in [3.05, 3.63) is 0 Å². The second-order valence-electron chi connectivity index (χ2n) is 7.89. The minimum atomic E-state index is 0.0336. The highest BCUT2D eigenvalue weighted by Gasteiger charge is 2.23. The molecule has 2 rings (SSSR count). The van der Waals surface area contributed by atoms with E-state index >= 15 is 0 Å². The van der Waals surface area contributed by atoms with E-state index in [4.69, 9.17) is 4.74 Å². The summed E-state index contributed by atoms with van der Waals surface area (Å²) in [6.07, 6.45) is 22.1. The molecule has 0 aromatic rings. The van der Waals surface area contributed by atoms with Crippen LogP contribution in [0.25, 0.3) is 0 Å². The molecule has 1 aliphatic heterocycles. The van der Waals surface area contributed by atoms with Gasteiger partial charge in [-0.3, -0.25) is 4.79 Å². The maximum Gasteiger partial charge on any atom is 0.305 e. The third-order valence-corrected chi connectivity index (χ3v) is 6.00. The molecule has 1 unspecified atom stereocenters. The Morgan fingerprint density at radius 2 is 1.00 bits per heavy atom. The van der Waals surface area contributed by atoms with Crippen molar-refractivity contribution in [3.8, 4) is 0 Å². The van der Waals surface area contributed by atoms with Crippen molar-refractivity contribution in [2.24, 2.45) is 11.8 Å². The van der Waals surface area contributed by atoms with E-state index in [0.717, 1.165) is 24.7 Å². The van der Waals surface area contributed by atoms with Crippen LogP contribution < -0.4 is 0 Å². The molecular formula is C21H38O2. The third-order valence-electron chi connectivity index (χ3n) is 6.00. The molecule has 0 radical (unpaired) electrons. The first-order valence-corrected chi connectivity index (χ1v) is 10.5. The van der Waals surface area contributed by atoms with Gasteiger partial charge < -0.3 is 4.74 Å². The van der Waals surface area contributed by atoms with Gasteiger partial charge in [-0.15, -0.1) is 0 Å². The van der Waals surface area contributed by atoms with Crippen LogP contribution in [0.1, 0.15) is 109 Å². The standard InChI is InChI=1S/C21H38O2/c22-21-17-11-6-4-2-1-3-5-8-13-20(16-12-18-23-21)19-14-9-7-10-15-19/h19-20H,1-18H2. The van der Waals surface area contributed by atoms with Crippen LogP contribution in [-0.4, -0.2) is 12.6 Å². The van der Waals surface area contributed by atoms with Gasteiger partial charge in [0.2, 0.25) is 0 Å². The molecule has 2 fully saturated rings. The van der Waals surface area contributed by atoms with E-state index in [1.54, 1.807) is 0 Å². The number of hydrogen-bond donors (Lipinski definition) is 0. The van der Waals surface area contributed by atoms with Crippen LogP contribution in [-0.2, 0) is 9.53 Å². The molecule has 1 aliphatic carbocycles. The molecular weight excluding hydrogens is 284 g/mol. The SMILES string of the molecule is O=C1CCCCCCCCCCC(C2CCCCC2)CCCO1. The molecule has 0 N–H and O–H groups in total. The van der Waals surface area contributed by atoms with Gasteiger partial charge in [0.15, 0.2) is 0 Å². The molecule has 1 heterocycles. The highest BCUT2D eigenvalue weighted by molar-refractivity contribution is 5.69. The topological polar surface area (TPSA) is 26.3 Å². The Morgan fingerprint density at radius 1 is 0.565 bits per heavy atom. The van der Waals surface area contributed by atoms with Crippen molar-refractivity contribution in [1.29, 1.82) is 0 Å². The largest absolute Gasteiger partial charge is 0.466 e. The first-order valence-electron chi connectivity index (χ1n) is 10.5. The van der Waals surface area contributed by atoms with E-state index in [0.29, 0.717) is 13.0 Å². The number of esters is 1. The maximum atomic E-state index is 11.7. The maximum absolute atomic E-state index is 11.7. The molecule has 2 aliphatic rings. The highest BCUT2D eigenvalue weighted by Crippen LogP contribution is 2.35. The second-order valence-corrected chi connectivity index (χ2v) is 7.89. The van der Waals surface area contributed by atoms with Gasteiger partial charge in [-0.1, -0.05) is 83.5 Å². The lowest BCUT2D eigenvalue weighted by molar-refractivity contribution is -0.144. The third kappa shape index (κ3) is 8.22. The van der Waals surface area contributed by atoms with Crippen LogP contribution in [0, 0.1) is 11.8 Å². The average Bonchev–Trinajstić information content (AvgIpc) is 2.58. The fourth-order valence-corrected chi connectivity index (χ4v) is 4.56. The summed E-state index contributed by atoms with van der Waals surface area (Å²) < 4.78 is 5.44. The Labute approximate surface area is 143 Å². The number of carbonyl (C=O) groups excluding carboxylic acids is 1. The molecule has 0 amide bonds. The van der Waals surface area contributed by atoms with Crippen LogP contribution in [0.4, 0.5) is 0 Å². The van der Waals surface area contributed by atoms with E-state index in [2.05, 4.69) is 0 Å². The van der Waals surface area contributed by atoms with Crippen molar-refractivity contribution in [2.75, 3.05) is 6.61 Å². The molecule has 1 saturated heterocycles. The van der Waals surface area contributed by atoms with Gasteiger partial charge in [0, 0.05) is 6.42 Å². The fourth-order valence-electron chi connectivity index (χ4n) is 4.56. The minimum Gasteiger partial charge on any atom is -0.466 e. The van der Waals surface area contributed by atoms with Gasteiger partial charge in [-0.2, -0.15) is 0 Å². The number of ether oxygens (including phenoxy) is 1. The van der Waals surface area contributed by atoms with E-state index < -0.39 is 0 Å². The monoisotopic (exact) mass is 322 g/mol. The van der Waals surface area contributed by atoms with Crippen LogP contribution >= 0.6 is 0 Å². The number of rotatable bonds is 1. The van der Waals surface area contributed by atoms with Gasteiger partial charge in [-0.25, -0.2) is 0 Å². The molecule has 1 atom stereocenters. The number of carbonyl (C=O) groups is 1. The lowest BCUT2D eigenvalue weighted by Gasteiger charge is -2.30. The van der Waals surface area contributed by atoms with Crippen LogP contribution in [0.2, 0.25) is 0 Å². The van der Waals surface area contributed by atoms with E-state index in [9.17, 15) is 4.79 Å². The van der Waals surface area contributed by atoms with Crippen LogP contribution in [0.3, 0.4) is 0 Å². The van der Waals surface area contributed by atoms with Crippen LogP contribution in [0.15, 0.2) is 0 Å². The molecule has 1 saturated carbocycles. The molecule has 134 valence electrons. The summed E-state index contributed by atoms with van der Waals surface area (Å²) >= 11 is 0. The van der Waals surface area contributed by atoms with Crippen LogP contribution in [0.5, 0.6) is 0 Å². The number of hydrogen-bond acceptors (Lipinski definition) is 2. The first kappa shape index (κ1) is 18.8. The molecule has 2 nitrogen and oxygen atoms in total. The van der Waals surface area contributed by atoms with E-state index in [1.807, 2.05) is 0 Å². The lowest BCUT2D eigenvalue weighted by atomic mass is 9.76. The zero-order valence-corrected chi connectivity index (χ0v) is 15.2. The quantitative estimate of drug-likeness (QED) is 0.521.